The van der Waals surface area contributed by atoms with Gasteiger partial charge in [0.25, 0.3) is 0 Å². The molecule has 0 aliphatic heterocycles. The number of fused-ring (bicyclic) bond motifs is 6. The Morgan fingerprint density at radius 3 is 2.26 bits per heavy atom. The summed E-state index contributed by atoms with van der Waals surface area (Å²) in [4.78, 5) is 0. The van der Waals surface area contributed by atoms with Gasteiger partial charge in [0.2, 0.25) is 0 Å². The molecule has 0 fully saturated rings. The molecule has 1 nitrogen and oxygen atoms in total. The van der Waals surface area contributed by atoms with Crippen LogP contribution in [0, 0.1) is 0 Å². The van der Waals surface area contributed by atoms with Crippen molar-refractivity contribution in [2.45, 2.75) is 6.92 Å². The quantitative estimate of drug-likeness (QED) is 0.277. The van der Waals surface area contributed by atoms with Crippen LogP contribution in [0.2, 0.25) is 0 Å². The minimum Gasteiger partial charge on any atom is -0.304 e. The molecule has 0 atom stereocenters. The van der Waals surface area contributed by atoms with Crippen LogP contribution < -0.4 is 0 Å². The van der Waals surface area contributed by atoms with Crippen LogP contribution in [0.25, 0.3) is 47.7 Å². The highest BCUT2D eigenvalue weighted by atomic mass is 32.1. The molecular weight excluding hydrogens is 360 g/mol. The van der Waals surface area contributed by atoms with Gasteiger partial charge in [-0.25, -0.2) is 8.78 Å². The zero-order valence-electron chi connectivity index (χ0n) is 14.6. The number of benzene rings is 3. The van der Waals surface area contributed by atoms with Crippen molar-refractivity contribution in [3.05, 3.63) is 78.9 Å². The van der Waals surface area contributed by atoms with E-state index in [1.807, 2.05) is 42.5 Å². The van der Waals surface area contributed by atoms with Gasteiger partial charge >= 0.3 is 0 Å². The van der Waals surface area contributed by atoms with E-state index in [-0.39, 0.29) is 5.70 Å². The molecule has 5 aromatic rings. The van der Waals surface area contributed by atoms with E-state index < -0.39 is 11.7 Å². The van der Waals surface area contributed by atoms with Gasteiger partial charge in [-0.05, 0) is 31.2 Å². The number of allylic oxidation sites excluding steroid dienone is 3. The van der Waals surface area contributed by atoms with Crippen LogP contribution in [0.4, 0.5) is 8.78 Å². The number of aromatic nitrogens is 1. The topological polar surface area (TPSA) is 4.93 Å². The summed E-state index contributed by atoms with van der Waals surface area (Å²) in [7, 11) is 0. The summed E-state index contributed by atoms with van der Waals surface area (Å²) in [6, 6.07) is 20.1. The molecule has 27 heavy (non-hydrogen) atoms. The van der Waals surface area contributed by atoms with E-state index in [2.05, 4.69) is 24.8 Å². The summed E-state index contributed by atoms with van der Waals surface area (Å²) in [6.07, 6.45) is 0. The van der Waals surface area contributed by atoms with Crippen molar-refractivity contribution in [1.29, 1.82) is 0 Å². The standard InChI is InChI=1S/C23H15F2NS/c1-13(24)23(14(2)25)26-19-9-5-3-7-15(19)17-11-18-16-8-4-6-10-21(16)27-22(18)12-20(17)26/h3-12H,1H2,2H3/b23-14-. The van der Waals surface area contributed by atoms with E-state index in [4.69, 9.17) is 0 Å². The highest BCUT2D eigenvalue weighted by molar-refractivity contribution is 7.25. The van der Waals surface area contributed by atoms with E-state index >= 15 is 0 Å². The Balaban J connectivity index is 2.03. The summed E-state index contributed by atoms with van der Waals surface area (Å²) in [5, 5.41) is 4.29. The number of hydrogen-bond acceptors (Lipinski definition) is 1. The molecule has 132 valence electrons. The first kappa shape index (κ1) is 16.2. The summed E-state index contributed by atoms with van der Waals surface area (Å²) in [5.74, 6) is -1.38. The lowest BCUT2D eigenvalue weighted by molar-refractivity contribution is 0.614. The van der Waals surface area contributed by atoms with Crippen molar-refractivity contribution in [2.24, 2.45) is 0 Å². The van der Waals surface area contributed by atoms with Crippen LogP contribution in [0.3, 0.4) is 0 Å². The Labute approximate surface area is 158 Å². The highest BCUT2D eigenvalue weighted by Gasteiger charge is 2.19. The van der Waals surface area contributed by atoms with Crippen LogP contribution in [0.5, 0.6) is 0 Å². The summed E-state index contributed by atoms with van der Waals surface area (Å²) in [6.45, 7) is 4.62. The number of hydrogen-bond donors (Lipinski definition) is 0. The Hall–Kier alpha value is -2.98. The van der Waals surface area contributed by atoms with Crippen LogP contribution >= 0.6 is 11.3 Å². The minimum absolute atomic E-state index is 0.123. The second-order valence-corrected chi connectivity index (χ2v) is 7.69. The molecule has 0 saturated heterocycles. The third-order valence-corrected chi connectivity index (χ3v) is 6.11. The first-order valence-electron chi connectivity index (χ1n) is 8.62. The third-order valence-electron chi connectivity index (χ3n) is 4.98. The number of halogens is 2. The maximum absolute atomic E-state index is 14.3. The van der Waals surface area contributed by atoms with Crippen LogP contribution in [0.1, 0.15) is 6.92 Å². The lowest BCUT2D eigenvalue weighted by atomic mass is 10.1. The van der Waals surface area contributed by atoms with Crippen molar-refractivity contribution in [1.82, 2.24) is 4.57 Å². The molecule has 0 saturated carbocycles. The Bertz CT molecular complexity index is 1410. The lowest BCUT2D eigenvalue weighted by Gasteiger charge is -2.10. The molecule has 0 bridgehead atoms. The highest BCUT2D eigenvalue weighted by Crippen LogP contribution is 2.41. The molecule has 0 amide bonds. The van der Waals surface area contributed by atoms with Crippen LogP contribution in [-0.4, -0.2) is 4.57 Å². The molecule has 5 rings (SSSR count). The van der Waals surface area contributed by atoms with Gasteiger partial charge in [-0.15, -0.1) is 11.3 Å². The molecule has 2 heterocycles. The van der Waals surface area contributed by atoms with Crippen molar-refractivity contribution in [3.63, 3.8) is 0 Å². The second kappa shape index (κ2) is 5.76. The molecular formula is C23H15F2NS. The van der Waals surface area contributed by atoms with Crippen LogP contribution in [0.15, 0.2) is 78.9 Å². The Morgan fingerprint density at radius 2 is 1.52 bits per heavy atom. The van der Waals surface area contributed by atoms with Crippen molar-refractivity contribution < 1.29 is 8.78 Å². The first-order valence-corrected chi connectivity index (χ1v) is 9.44. The molecule has 0 aliphatic carbocycles. The van der Waals surface area contributed by atoms with E-state index in [0.717, 1.165) is 31.9 Å². The fraction of sp³-hybridized carbons (Fsp3) is 0.0435. The van der Waals surface area contributed by atoms with Crippen molar-refractivity contribution >= 4 is 59.0 Å². The fourth-order valence-electron chi connectivity index (χ4n) is 3.89. The maximum atomic E-state index is 14.3. The summed E-state index contributed by atoms with van der Waals surface area (Å²) in [5.41, 5.74) is 1.42. The third kappa shape index (κ3) is 2.26. The smallest absolute Gasteiger partial charge is 0.142 e. The zero-order valence-corrected chi connectivity index (χ0v) is 15.4. The first-order chi connectivity index (χ1) is 13.1. The molecule has 0 aliphatic rings. The Morgan fingerprint density at radius 1 is 0.815 bits per heavy atom. The average molecular weight is 375 g/mol. The van der Waals surface area contributed by atoms with Gasteiger partial charge in [-0.2, -0.15) is 0 Å². The fourth-order valence-corrected chi connectivity index (χ4v) is 5.01. The van der Waals surface area contributed by atoms with Crippen molar-refractivity contribution in [2.75, 3.05) is 0 Å². The molecule has 0 radical (unpaired) electrons. The molecule has 0 spiro atoms. The molecule has 3 aromatic carbocycles. The minimum atomic E-state index is -0.783. The lowest BCUT2D eigenvalue weighted by Crippen LogP contribution is -1.98. The molecule has 4 heteroatoms. The number of para-hydroxylation sites is 1. The predicted molar refractivity (Wildman–Crippen MR) is 113 cm³/mol. The number of nitrogens with zero attached hydrogens (tertiary/aromatic N) is 1. The normalized spacial score (nSPS) is 13.0. The van der Waals surface area contributed by atoms with Gasteiger partial charge in [-0.1, -0.05) is 43.0 Å². The number of rotatable bonds is 2. The Kier molecular flexibility index (Phi) is 3.46. The van der Waals surface area contributed by atoms with Crippen molar-refractivity contribution in [3.8, 4) is 0 Å². The van der Waals surface area contributed by atoms with Gasteiger partial charge in [0, 0.05) is 30.9 Å². The average Bonchev–Trinajstić information content (AvgIpc) is 3.16. The number of thiophene rings is 1. The predicted octanol–water partition coefficient (Wildman–Crippen LogP) is 7.80. The SMILES string of the molecule is C=C(F)/C(=C(\C)F)n1c2ccccc2c2cc3c(cc21)sc1ccccc13. The van der Waals surface area contributed by atoms with E-state index in [9.17, 15) is 8.78 Å². The second-order valence-electron chi connectivity index (χ2n) is 6.60. The largest absolute Gasteiger partial charge is 0.304 e. The molecule has 0 N–H and O–H groups in total. The maximum Gasteiger partial charge on any atom is 0.142 e. The monoisotopic (exact) mass is 375 g/mol. The zero-order chi connectivity index (χ0) is 18.7. The molecule has 2 aromatic heterocycles. The van der Waals surface area contributed by atoms with E-state index in [0.29, 0.717) is 0 Å². The van der Waals surface area contributed by atoms with Gasteiger partial charge in [0.1, 0.15) is 17.4 Å². The van der Waals surface area contributed by atoms with Gasteiger partial charge in [-0.3, -0.25) is 0 Å². The van der Waals surface area contributed by atoms with Gasteiger partial charge in [0.15, 0.2) is 0 Å². The van der Waals surface area contributed by atoms with E-state index in [1.165, 1.54) is 17.0 Å². The van der Waals surface area contributed by atoms with E-state index in [1.54, 1.807) is 15.9 Å². The molecule has 0 unspecified atom stereocenters. The van der Waals surface area contributed by atoms with Gasteiger partial charge in [0.05, 0.1) is 11.0 Å². The van der Waals surface area contributed by atoms with Crippen LogP contribution in [-0.2, 0) is 0 Å². The summed E-state index contributed by atoms with van der Waals surface area (Å²) >= 11 is 1.68. The summed E-state index contributed by atoms with van der Waals surface area (Å²) < 4.78 is 32.4. The van der Waals surface area contributed by atoms with Gasteiger partial charge < -0.3 is 4.57 Å².